The molecule has 1 amide bonds. The minimum Gasteiger partial charge on any atom is -0.480 e. The second-order valence-electron chi connectivity index (χ2n) is 4.01. The summed E-state index contributed by atoms with van der Waals surface area (Å²) < 4.78 is 0. The van der Waals surface area contributed by atoms with Crippen LogP contribution in [0.25, 0.3) is 0 Å². The maximum absolute atomic E-state index is 12.0. The Labute approximate surface area is 99.8 Å². The number of carboxylic acids is 1. The van der Waals surface area contributed by atoms with Crippen molar-refractivity contribution in [3.63, 3.8) is 0 Å². The first kappa shape index (κ1) is 13.2. The number of H-pyrrole nitrogens is 1. The molecule has 1 aromatic heterocycles. The summed E-state index contributed by atoms with van der Waals surface area (Å²) in [6.07, 6.45) is 1.64. The van der Waals surface area contributed by atoms with Gasteiger partial charge in [0.05, 0.1) is 0 Å². The molecule has 0 bridgehead atoms. The van der Waals surface area contributed by atoms with Gasteiger partial charge in [0.25, 0.3) is 5.91 Å². The van der Waals surface area contributed by atoms with Crippen molar-refractivity contribution < 1.29 is 14.7 Å². The fraction of sp³-hybridized carbons (Fsp3) is 0.455. The molecule has 6 heteroatoms. The van der Waals surface area contributed by atoms with Gasteiger partial charge in [-0.1, -0.05) is 0 Å². The summed E-state index contributed by atoms with van der Waals surface area (Å²) in [6, 6.07) is 3.34. The summed E-state index contributed by atoms with van der Waals surface area (Å²) in [5, 5.41) is 8.78. The molecule has 2 N–H and O–H groups in total. The van der Waals surface area contributed by atoms with E-state index in [2.05, 4.69) is 4.98 Å². The van der Waals surface area contributed by atoms with Gasteiger partial charge in [-0.3, -0.25) is 9.59 Å². The first-order valence-corrected chi connectivity index (χ1v) is 5.30. The van der Waals surface area contributed by atoms with E-state index in [-0.39, 0.29) is 12.5 Å². The molecule has 0 aliphatic rings. The summed E-state index contributed by atoms with van der Waals surface area (Å²) >= 11 is 0. The number of aromatic amines is 1. The normalized spacial score (nSPS) is 10.5. The molecule has 1 rings (SSSR count). The van der Waals surface area contributed by atoms with E-state index in [9.17, 15) is 9.59 Å². The van der Waals surface area contributed by atoms with Crippen molar-refractivity contribution in [2.75, 3.05) is 33.7 Å². The maximum Gasteiger partial charge on any atom is 0.323 e. The Kier molecular flexibility index (Phi) is 4.71. The Hall–Kier alpha value is -1.82. The van der Waals surface area contributed by atoms with Crippen LogP contribution in [0.4, 0.5) is 0 Å². The van der Waals surface area contributed by atoms with Gasteiger partial charge in [0, 0.05) is 19.3 Å². The van der Waals surface area contributed by atoms with Crippen LogP contribution in [0.3, 0.4) is 0 Å². The van der Waals surface area contributed by atoms with E-state index >= 15 is 0 Å². The Balaban J connectivity index is 2.68. The van der Waals surface area contributed by atoms with E-state index in [1.807, 2.05) is 19.0 Å². The average molecular weight is 239 g/mol. The number of carbonyl (C=O) groups is 2. The molecule has 0 fully saturated rings. The molecule has 6 nitrogen and oxygen atoms in total. The quantitative estimate of drug-likeness (QED) is 0.738. The van der Waals surface area contributed by atoms with Gasteiger partial charge in [0.15, 0.2) is 0 Å². The first-order chi connectivity index (χ1) is 8.00. The van der Waals surface area contributed by atoms with Crippen LogP contribution < -0.4 is 0 Å². The monoisotopic (exact) mass is 239 g/mol. The van der Waals surface area contributed by atoms with Gasteiger partial charge in [-0.25, -0.2) is 0 Å². The number of nitrogens with one attached hydrogen (secondary N) is 1. The predicted octanol–water partition coefficient (Wildman–Crippen LogP) is 0.103. The van der Waals surface area contributed by atoms with Crippen molar-refractivity contribution in [3.05, 3.63) is 24.0 Å². The first-order valence-electron chi connectivity index (χ1n) is 5.30. The maximum atomic E-state index is 12.0. The summed E-state index contributed by atoms with van der Waals surface area (Å²) in [4.78, 5) is 28.7. The molecule has 0 saturated heterocycles. The van der Waals surface area contributed by atoms with Gasteiger partial charge in [0.2, 0.25) is 0 Å². The number of hydrogen-bond acceptors (Lipinski definition) is 3. The Morgan fingerprint density at radius 2 is 2.06 bits per heavy atom. The van der Waals surface area contributed by atoms with Crippen LogP contribution in [0, 0.1) is 0 Å². The highest BCUT2D eigenvalue weighted by Crippen LogP contribution is 2.02. The Morgan fingerprint density at radius 1 is 1.35 bits per heavy atom. The zero-order valence-corrected chi connectivity index (χ0v) is 10.0. The van der Waals surface area contributed by atoms with Crippen molar-refractivity contribution in [2.24, 2.45) is 0 Å². The molecule has 0 radical (unpaired) electrons. The smallest absolute Gasteiger partial charge is 0.323 e. The van der Waals surface area contributed by atoms with Crippen LogP contribution in [0.15, 0.2) is 18.3 Å². The zero-order valence-electron chi connectivity index (χ0n) is 10.0. The lowest BCUT2D eigenvalue weighted by Crippen LogP contribution is -2.40. The standard InChI is InChI=1S/C11H17N3O3/c1-13(2)6-7-14(8-10(15)16)11(17)9-4-3-5-12-9/h3-5,12H,6-8H2,1-2H3,(H,15,16). The second-order valence-corrected chi connectivity index (χ2v) is 4.01. The van der Waals surface area contributed by atoms with Gasteiger partial charge in [0.1, 0.15) is 12.2 Å². The Bertz CT molecular complexity index is 373. The van der Waals surface area contributed by atoms with Crippen molar-refractivity contribution in [1.82, 2.24) is 14.8 Å². The minimum atomic E-state index is -1.01. The van der Waals surface area contributed by atoms with Gasteiger partial charge in [-0.15, -0.1) is 0 Å². The van der Waals surface area contributed by atoms with E-state index < -0.39 is 5.97 Å². The van der Waals surface area contributed by atoms with Crippen LogP contribution in [-0.4, -0.2) is 65.5 Å². The van der Waals surface area contributed by atoms with Crippen LogP contribution in [0.5, 0.6) is 0 Å². The van der Waals surface area contributed by atoms with Crippen LogP contribution in [0.2, 0.25) is 0 Å². The molecule has 0 saturated carbocycles. The number of aromatic nitrogens is 1. The van der Waals surface area contributed by atoms with Gasteiger partial charge in [-0.2, -0.15) is 0 Å². The molecule has 0 aliphatic carbocycles. The number of likely N-dealkylation sites (N-methyl/N-ethyl adjacent to an activating group) is 1. The molecular weight excluding hydrogens is 222 g/mol. The molecule has 0 unspecified atom stereocenters. The molecule has 17 heavy (non-hydrogen) atoms. The van der Waals surface area contributed by atoms with E-state index in [0.29, 0.717) is 18.8 Å². The third-order valence-electron chi connectivity index (χ3n) is 2.26. The molecule has 0 spiro atoms. The van der Waals surface area contributed by atoms with E-state index in [1.54, 1.807) is 18.3 Å². The number of amides is 1. The average Bonchev–Trinajstić information content (AvgIpc) is 2.75. The molecule has 94 valence electrons. The van der Waals surface area contributed by atoms with E-state index in [0.717, 1.165) is 0 Å². The topological polar surface area (TPSA) is 76.6 Å². The summed E-state index contributed by atoms with van der Waals surface area (Å²) in [5.41, 5.74) is 0.407. The predicted molar refractivity (Wildman–Crippen MR) is 62.9 cm³/mol. The van der Waals surface area contributed by atoms with Crippen molar-refractivity contribution >= 4 is 11.9 Å². The number of nitrogens with zero attached hydrogens (tertiary/aromatic N) is 2. The van der Waals surface area contributed by atoms with Crippen molar-refractivity contribution in [3.8, 4) is 0 Å². The van der Waals surface area contributed by atoms with Gasteiger partial charge < -0.3 is 19.9 Å². The van der Waals surface area contributed by atoms with Gasteiger partial charge >= 0.3 is 5.97 Å². The summed E-state index contributed by atoms with van der Waals surface area (Å²) in [6.45, 7) is 0.725. The van der Waals surface area contributed by atoms with Gasteiger partial charge in [-0.05, 0) is 26.2 Å². The molecule has 1 heterocycles. The third kappa shape index (κ3) is 4.28. The molecule has 0 aliphatic heterocycles. The molecule has 1 aromatic rings. The molecular formula is C11H17N3O3. The van der Waals surface area contributed by atoms with Crippen LogP contribution in [0.1, 0.15) is 10.5 Å². The third-order valence-corrected chi connectivity index (χ3v) is 2.26. The highest BCUT2D eigenvalue weighted by Gasteiger charge is 2.18. The number of rotatable bonds is 6. The number of aliphatic carboxylic acids is 1. The highest BCUT2D eigenvalue weighted by atomic mass is 16.4. The minimum absolute atomic E-state index is 0.286. The van der Waals surface area contributed by atoms with Crippen molar-refractivity contribution in [2.45, 2.75) is 0 Å². The number of carboxylic acid groups (broad SMARTS) is 1. The van der Waals surface area contributed by atoms with E-state index in [4.69, 9.17) is 5.11 Å². The molecule has 0 aromatic carbocycles. The van der Waals surface area contributed by atoms with Crippen LogP contribution in [-0.2, 0) is 4.79 Å². The lowest BCUT2D eigenvalue weighted by Gasteiger charge is -2.22. The lowest BCUT2D eigenvalue weighted by atomic mass is 10.3. The summed E-state index contributed by atoms with van der Waals surface area (Å²) in [7, 11) is 3.75. The second kappa shape index (κ2) is 6.05. The number of hydrogen-bond donors (Lipinski definition) is 2. The summed E-state index contributed by atoms with van der Waals surface area (Å²) in [5.74, 6) is -1.30. The van der Waals surface area contributed by atoms with E-state index in [1.165, 1.54) is 4.90 Å². The molecule has 0 atom stereocenters. The zero-order chi connectivity index (χ0) is 12.8. The fourth-order valence-corrected chi connectivity index (χ4v) is 1.37. The Morgan fingerprint density at radius 3 is 2.53 bits per heavy atom. The SMILES string of the molecule is CN(C)CCN(CC(=O)O)C(=O)c1ccc[nH]1. The van der Waals surface area contributed by atoms with Crippen LogP contribution >= 0.6 is 0 Å². The number of carbonyl (C=O) groups excluding carboxylic acids is 1. The lowest BCUT2D eigenvalue weighted by molar-refractivity contribution is -0.137. The largest absolute Gasteiger partial charge is 0.480 e. The highest BCUT2D eigenvalue weighted by molar-refractivity contribution is 5.94. The fourth-order valence-electron chi connectivity index (χ4n) is 1.37. The van der Waals surface area contributed by atoms with Crippen molar-refractivity contribution in [1.29, 1.82) is 0 Å².